The van der Waals surface area contributed by atoms with Gasteiger partial charge in [-0.2, -0.15) is 0 Å². The summed E-state index contributed by atoms with van der Waals surface area (Å²) >= 11 is 0. The van der Waals surface area contributed by atoms with Crippen molar-refractivity contribution < 1.29 is 19.1 Å². The van der Waals surface area contributed by atoms with Gasteiger partial charge in [0.05, 0.1) is 23.0 Å². The standard InChI is InChI=1S/C41H47FN10O3/c42-32-21-26(30-12-14-38(54)46-40(30)55)7-13-35(32)50-19-17-49(18-20-50)27-8-5-25(6-9-27)33-15-16-44-41(45-33)52-28-10-11-29(52)24-51(23-28)36-22-34(47-48-39(36)43)31-3-1-2-4-37(31)53/h1-4,7,13,15-16,21-22,25,27-30,53H,5-6,8-12,14,17-20,23-24H2,(H2,43,48)(H,46,54,55)/t25?,27?,28-,29+,30-/m0/s1. The van der Waals surface area contributed by atoms with Gasteiger partial charge in [0, 0.05) is 87.2 Å². The lowest BCUT2D eigenvalue weighted by Crippen LogP contribution is -2.54. The lowest BCUT2D eigenvalue weighted by molar-refractivity contribution is -0.134. The van der Waals surface area contributed by atoms with Crippen LogP contribution in [0.5, 0.6) is 5.75 Å². The number of aromatic nitrogens is 4. The van der Waals surface area contributed by atoms with E-state index in [4.69, 9.17) is 15.7 Å². The Morgan fingerprint density at radius 1 is 0.800 bits per heavy atom. The van der Waals surface area contributed by atoms with Crippen LogP contribution in [0, 0.1) is 5.82 Å². The molecule has 1 saturated carbocycles. The summed E-state index contributed by atoms with van der Waals surface area (Å²) in [6.07, 6.45) is 9.08. The van der Waals surface area contributed by atoms with E-state index < -0.39 is 5.92 Å². The highest BCUT2D eigenvalue weighted by molar-refractivity contribution is 6.01. The van der Waals surface area contributed by atoms with Gasteiger partial charge in [-0.25, -0.2) is 14.4 Å². The number of piperazine rings is 2. The normalized spacial score (nSPS) is 26.0. The molecule has 4 N–H and O–H groups in total. The van der Waals surface area contributed by atoms with Gasteiger partial charge >= 0.3 is 0 Å². The summed E-state index contributed by atoms with van der Waals surface area (Å²) in [7, 11) is 0. The van der Waals surface area contributed by atoms with Crippen LogP contribution >= 0.6 is 0 Å². The number of para-hydroxylation sites is 1. The monoisotopic (exact) mass is 746 g/mol. The smallest absolute Gasteiger partial charge is 0.234 e. The molecule has 2 aromatic heterocycles. The molecule has 286 valence electrons. The van der Waals surface area contributed by atoms with Crippen molar-refractivity contribution in [1.82, 2.24) is 30.4 Å². The molecule has 5 fully saturated rings. The molecular weight excluding hydrogens is 700 g/mol. The predicted molar refractivity (Wildman–Crippen MR) is 207 cm³/mol. The fourth-order valence-electron chi connectivity index (χ4n) is 9.68. The van der Waals surface area contributed by atoms with E-state index in [9.17, 15) is 14.7 Å². The van der Waals surface area contributed by atoms with E-state index in [0.29, 0.717) is 46.7 Å². The Balaban J connectivity index is 0.796. The summed E-state index contributed by atoms with van der Waals surface area (Å²) in [5.74, 6) is 0.337. The summed E-state index contributed by atoms with van der Waals surface area (Å²) in [5, 5.41) is 21.3. The van der Waals surface area contributed by atoms with Crippen molar-refractivity contribution in [2.24, 2.45) is 0 Å². The van der Waals surface area contributed by atoms with Crippen molar-refractivity contribution in [3.8, 4) is 17.0 Å². The number of aromatic hydroxyl groups is 1. The Labute approximate surface area is 319 Å². The molecule has 2 amide bonds. The van der Waals surface area contributed by atoms with E-state index in [2.05, 4.69) is 41.2 Å². The minimum absolute atomic E-state index is 0.160. The van der Waals surface area contributed by atoms with Gasteiger partial charge in [0.2, 0.25) is 17.8 Å². The molecule has 13 nitrogen and oxygen atoms in total. The maximum atomic E-state index is 15.3. The van der Waals surface area contributed by atoms with Crippen LogP contribution in [0.25, 0.3) is 11.3 Å². The number of nitrogens with two attached hydrogens (primary N) is 1. The van der Waals surface area contributed by atoms with Gasteiger partial charge in [-0.3, -0.25) is 19.8 Å². The van der Waals surface area contributed by atoms with Crippen molar-refractivity contribution in [3.63, 3.8) is 0 Å². The molecule has 4 aliphatic heterocycles. The molecule has 55 heavy (non-hydrogen) atoms. The molecule has 3 atom stereocenters. The van der Waals surface area contributed by atoms with E-state index in [0.717, 1.165) is 95.1 Å². The highest BCUT2D eigenvalue weighted by atomic mass is 19.1. The number of fused-ring (bicyclic) bond motifs is 2. The molecule has 2 bridgehead atoms. The number of benzene rings is 2. The highest BCUT2D eigenvalue weighted by Crippen LogP contribution is 2.40. The number of rotatable bonds is 7. The van der Waals surface area contributed by atoms with Gasteiger partial charge in [-0.1, -0.05) is 18.2 Å². The second-order valence-corrected chi connectivity index (χ2v) is 15.7. The lowest BCUT2D eigenvalue weighted by Gasteiger charge is -2.43. The summed E-state index contributed by atoms with van der Waals surface area (Å²) in [6.45, 7) is 4.82. The number of nitrogen functional groups attached to an aromatic ring is 1. The Morgan fingerprint density at radius 2 is 1.55 bits per heavy atom. The molecule has 9 rings (SSSR count). The second-order valence-electron chi connectivity index (χ2n) is 15.7. The van der Waals surface area contributed by atoms with Gasteiger partial charge in [-0.05, 0) is 86.9 Å². The Kier molecular flexibility index (Phi) is 9.45. The van der Waals surface area contributed by atoms with Crippen molar-refractivity contribution in [2.45, 2.75) is 81.3 Å². The zero-order valence-electron chi connectivity index (χ0n) is 30.9. The molecule has 4 saturated heterocycles. The maximum Gasteiger partial charge on any atom is 0.234 e. The van der Waals surface area contributed by atoms with Gasteiger partial charge in [0.15, 0.2) is 5.82 Å². The molecule has 6 heterocycles. The molecular formula is C41H47FN10O3. The molecule has 0 unspecified atom stereocenters. The number of hydrogen-bond acceptors (Lipinski definition) is 12. The Hall–Kier alpha value is -5.37. The minimum Gasteiger partial charge on any atom is -0.507 e. The third-order valence-electron chi connectivity index (χ3n) is 12.6. The molecule has 4 aromatic rings. The zero-order valence-corrected chi connectivity index (χ0v) is 30.9. The first-order valence-electron chi connectivity index (χ1n) is 19.7. The number of carbonyl (C=O) groups is 2. The number of imide groups is 1. The van der Waals surface area contributed by atoms with Crippen LogP contribution in [0.15, 0.2) is 60.8 Å². The maximum absolute atomic E-state index is 15.3. The number of amides is 2. The quantitative estimate of drug-likeness (QED) is 0.227. The highest BCUT2D eigenvalue weighted by Gasteiger charge is 2.42. The molecule has 14 heteroatoms. The van der Waals surface area contributed by atoms with Crippen LogP contribution in [0.3, 0.4) is 0 Å². The van der Waals surface area contributed by atoms with Gasteiger partial charge in [0.25, 0.3) is 0 Å². The molecule has 2 aromatic carbocycles. The Morgan fingerprint density at radius 3 is 2.27 bits per heavy atom. The van der Waals surface area contributed by atoms with Crippen molar-refractivity contribution in [2.75, 3.05) is 59.7 Å². The topological polar surface area (TPSA) is 157 Å². The van der Waals surface area contributed by atoms with Gasteiger partial charge in [-0.15, -0.1) is 10.2 Å². The van der Waals surface area contributed by atoms with Gasteiger partial charge < -0.3 is 25.5 Å². The van der Waals surface area contributed by atoms with Crippen LogP contribution in [-0.4, -0.2) is 99.4 Å². The zero-order chi connectivity index (χ0) is 37.6. The second kappa shape index (κ2) is 14.7. The van der Waals surface area contributed by atoms with Crippen molar-refractivity contribution >= 4 is 35.0 Å². The SMILES string of the molecule is Nc1nnc(-c2ccccc2O)cc1N1C[C@H]2CC[C@@H](C1)N2c1nccc(C2CCC(N3CCN(c4ccc([C@@H]5CCC(=O)NC5=O)cc4F)CC3)CC2)n1. The van der Waals surface area contributed by atoms with Crippen molar-refractivity contribution in [3.05, 3.63) is 77.9 Å². The van der Waals surface area contributed by atoms with Crippen LogP contribution < -0.4 is 25.8 Å². The van der Waals surface area contributed by atoms with Crippen molar-refractivity contribution in [1.29, 1.82) is 0 Å². The van der Waals surface area contributed by atoms with E-state index in [1.165, 1.54) is 6.07 Å². The molecule has 5 aliphatic rings. The first-order valence-corrected chi connectivity index (χ1v) is 19.7. The summed E-state index contributed by atoms with van der Waals surface area (Å²) < 4.78 is 15.3. The number of hydrogen-bond donors (Lipinski definition) is 3. The van der Waals surface area contributed by atoms with Crippen LogP contribution in [-0.2, 0) is 9.59 Å². The number of piperidine rings is 1. The molecule has 1 aliphatic carbocycles. The predicted octanol–water partition coefficient (Wildman–Crippen LogP) is 4.59. The summed E-state index contributed by atoms with van der Waals surface area (Å²) in [6, 6.07) is 17.3. The fourth-order valence-corrected chi connectivity index (χ4v) is 9.68. The first-order chi connectivity index (χ1) is 26.8. The molecule has 0 spiro atoms. The lowest BCUT2D eigenvalue weighted by atomic mass is 9.83. The Bertz CT molecular complexity index is 2070. The van der Waals surface area contributed by atoms with Gasteiger partial charge in [0.1, 0.15) is 11.6 Å². The number of halogens is 1. The average Bonchev–Trinajstić information content (AvgIpc) is 3.47. The van der Waals surface area contributed by atoms with E-state index in [1.54, 1.807) is 18.2 Å². The van der Waals surface area contributed by atoms with Crippen LogP contribution in [0.2, 0.25) is 0 Å². The number of nitrogens with one attached hydrogen (secondary N) is 1. The summed E-state index contributed by atoms with van der Waals surface area (Å²) in [4.78, 5) is 43.3. The summed E-state index contributed by atoms with van der Waals surface area (Å²) in [5.41, 5.74) is 10.8. The number of phenols is 1. The number of phenolic OH excluding ortho intramolecular Hbond substituents is 1. The van der Waals surface area contributed by atoms with E-state index in [1.807, 2.05) is 30.5 Å². The van der Waals surface area contributed by atoms with E-state index >= 15 is 4.39 Å². The molecule has 0 radical (unpaired) electrons. The number of anilines is 4. The van der Waals surface area contributed by atoms with Crippen LogP contribution in [0.4, 0.5) is 27.5 Å². The largest absolute Gasteiger partial charge is 0.507 e. The third-order valence-corrected chi connectivity index (χ3v) is 12.6. The minimum atomic E-state index is -0.489. The fraction of sp³-hybridized carbons (Fsp3) is 0.463. The average molecular weight is 747 g/mol. The van der Waals surface area contributed by atoms with E-state index in [-0.39, 0.29) is 41.9 Å². The third kappa shape index (κ3) is 6.92. The number of carbonyl (C=O) groups excluding carboxylic acids is 2. The number of nitrogens with zero attached hydrogens (tertiary/aromatic N) is 8. The first kappa shape index (κ1) is 35.3. The van der Waals surface area contributed by atoms with Crippen LogP contribution in [0.1, 0.15) is 74.5 Å².